The lowest BCUT2D eigenvalue weighted by atomic mass is 9.92. The fraction of sp³-hybridized carbons (Fsp3) is 0.458. The molecule has 0 bridgehead atoms. The molecule has 0 spiro atoms. The summed E-state index contributed by atoms with van der Waals surface area (Å²) in [5.41, 5.74) is 4.24. The Kier molecular flexibility index (Phi) is 6.23. The van der Waals surface area contributed by atoms with Crippen LogP contribution >= 0.6 is 0 Å². The molecule has 1 saturated carbocycles. The highest BCUT2D eigenvalue weighted by Crippen LogP contribution is 2.30. The molecular formula is C24H31N5O2. The van der Waals surface area contributed by atoms with Crippen LogP contribution in [-0.4, -0.2) is 37.9 Å². The quantitative estimate of drug-likeness (QED) is 0.560. The number of aromatic nitrogens is 3. The van der Waals surface area contributed by atoms with Crippen molar-refractivity contribution in [1.29, 1.82) is 0 Å². The first-order valence-electron chi connectivity index (χ1n) is 11.1. The maximum Gasteiger partial charge on any atom is 0.255 e. The molecule has 3 N–H and O–H groups in total. The van der Waals surface area contributed by atoms with Gasteiger partial charge in [-0.1, -0.05) is 29.8 Å². The van der Waals surface area contributed by atoms with Crippen molar-refractivity contribution in [2.75, 3.05) is 5.32 Å². The molecule has 1 aromatic carbocycles. The molecular weight excluding hydrogens is 390 g/mol. The maximum absolute atomic E-state index is 13.3. The van der Waals surface area contributed by atoms with Crippen molar-refractivity contribution >= 4 is 22.6 Å². The SMILES string of the molecule is CCn1ncc2c(N[C@@H]3CCC[C@@H](O)C3)c(C(=O)N[C@H](C)c3ccc(C)cc3)cnc21. The van der Waals surface area contributed by atoms with Crippen molar-refractivity contribution in [3.8, 4) is 0 Å². The van der Waals surface area contributed by atoms with Crippen LogP contribution in [0.3, 0.4) is 0 Å². The molecule has 7 nitrogen and oxygen atoms in total. The number of aliphatic hydroxyl groups is 1. The Morgan fingerprint density at radius 1 is 1.26 bits per heavy atom. The number of aliphatic hydroxyl groups excluding tert-OH is 1. The standard InChI is InChI=1S/C24H31N5O2/c1-4-29-23-20(14-26-29)22(28-18-6-5-7-19(30)12-18)21(13-25-23)24(31)27-16(3)17-10-8-15(2)9-11-17/h8-11,13-14,16,18-19,30H,4-7,12H2,1-3H3,(H,25,28)(H,27,31)/t16-,18-,19-/m1/s1. The number of hydrogen-bond acceptors (Lipinski definition) is 5. The van der Waals surface area contributed by atoms with Crippen molar-refractivity contribution < 1.29 is 9.90 Å². The second kappa shape index (κ2) is 9.06. The van der Waals surface area contributed by atoms with Crippen LogP contribution in [0.2, 0.25) is 0 Å². The van der Waals surface area contributed by atoms with E-state index in [9.17, 15) is 9.90 Å². The van der Waals surface area contributed by atoms with Crippen LogP contribution in [-0.2, 0) is 6.54 Å². The lowest BCUT2D eigenvalue weighted by molar-refractivity contribution is 0.0940. The predicted molar refractivity (Wildman–Crippen MR) is 122 cm³/mol. The summed E-state index contributed by atoms with van der Waals surface area (Å²) in [5, 5.41) is 22.0. The van der Waals surface area contributed by atoms with E-state index in [-0.39, 0.29) is 24.1 Å². The van der Waals surface area contributed by atoms with Crippen LogP contribution in [0.15, 0.2) is 36.7 Å². The summed E-state index contributed by atoms with van der Waals surface area (Å²) in [6.07, 6.45) is 6.53. The summed E-state index contributed by atoms with van der Waals surface area (Å²) in [7, 11) is 0. The fourth-order valence-electron chi connectivity index (χ4n) is 4.30. The molecule has 2 aromatic heterocycles. The Morgan fingerprint density at radius 3 is 2.74 bits per heavy atom. The lowest BCUT2D eigenvalue weighted by Crippen LogP contribution is -2.32. The van der Waals surface area contributed by atoms with Gasteiger partial charge in [-0.05, 0) is 52.0 Å². The highest BCUT2D eigenvalue weighted by molar-refractivity contribution is 6.06. The average molecular weight is 422 g/mol. The van der Waals surface area contributed by atoms with Gasteiger partial charge in [0.2, 0.25) is 0 Å². The van der Waals surface area contributed by atoms with Gasteiger partial charge in [-0.2, -0.15) is 5.10 Å². The fourth-order valence-corrected chi connectivity index (χ4v) is 4.30. The van der Waals surface area contributed by atoms with E-state index in [0.29, 0.717) is 18.5 Å². The molecule has 3 aromatic rings. The van der Waals surface area contributed by atoms with Crippen molar-refractivity contribution in [1.82, 2.24) is 20.1 Å². The van der Waals surface area contributed by atoms with E-state index in [0.717, 1.165) is 41.5 Å². The Morgan fingerprint density at radius 2 is 2.03 bits per heavy atom. The van der Waals surface area contributed by atoms with Crippen LogP contribution in [0.5, 0.6) is 0 Å². The molecule has 164 valence electrons. The van der Waals surface area contributed by atoms with Crippen molar-refractivity contribution in [3.05, 3.63) is 53.3 Å². The summed E-state index contributed by atoms with van der Waals surface area (Å²) in [5.74, 6) is -0.175. The molecule has 0 unspecified atom stereocenters. The number of hydrogen-bond donors (Lipinski definition) is 3. The van der Waals surface area contributed by atoms with Gasteiger partial charge in [-0.15, -0.1) is 0 Å². The van der Waals surface area contributed by atoms with E-state index in [1.165, 1.54) is 5.56 Å². The van der Waals surface area contributed by atoms with Crippen LogP contribution in [0.1, 0.15) is 67.1 Å². The Hall–Kier alpha value is -2.93. The smallest absolute Gasteiger partial charge is 0.255 e. The van der Waals surface area contributed by atoms with Gasteiger partial charge in [0, 0.05) is 18.8 Å². The number of carbonyl (C=O) groups excluding carboxylic acids is 1. The van der Waals surface area contributed by atoms with Gasteiger partial charge in [-0.3, -0.25) is 4.79 Å². The number of benzene rings is 1. The van der Waals surface area contributed by atoms with Crippen LogP contribution in [0.25, 0.3) is 11.0 Å². The van der Waals surface area contributed by atoms with Gasteiger partial charge in [0.1, 0.15) is 0 Å². The summed E-state index contributed by atoms with van der Waals surface area (Å²) >= 11 is 0. The van der Waals surface area contributed by atoms with E-state index in [2.05, 4.69) is 20.7 Å². The van der Waals surface area contributed by atoms with E-state index in [4.69, 9.17) is 0 Å². The summed E-state index contributed by atoms with van der Waals surface area (Å²) in [4.78, 5) is 17.8. The normalized spacial score (nSPS) is 19.9. The molecule has 3 atom stereocenters. The molecule has 2 heterocycles. The Bertz CT molecular complexity index is 1060. The third-order valence-corrected chi connectivity index (χ3v) is 6.13. The summed E-state index contributed by atoms with van der Waals surface area (Å²) in [6, 6.07) is 8.15. The van der Waals surface area contributed by atoms with Gasteiger partial charge < -0.3 is 15.7 Å². The molecule has 1 aliphatic rings. The zero-order valence-electron chi connectivity index (χ0n) is 18.4. The second-order valence-electron chi connectivity index (χ2n) is 8.51. The number of nitrogens with zero attached hydrogens (tertiary/aromatic N) is 3. The summed E-state index contributed by atoms with van der Waals surface area (Å²) < 4.78 is 1.83. The van der Waals surface area contributed by atoms with E-state index in [1.807, 2.05) is 49.7 Å². The predicted octanol–water partition coefficient (Wildman–Crippen LogP) is 3.97. The Labute approximate surface area is 182 Å². The van der Waals surface area contributed by atoms with Crippen LogP contribution < -0.4 is 10.6 Å². The van der Waals surface area contributed by atoms with Crippen molar-refractivity contribution in [2.45, 2.75) is 71.2 Å². The minimum atomic E-state index is -0.305. The molecule has 1 fully saturated rings. The van der Waals surface area contributed by atoms with Gasteiger partial charge in [0.25, 0.3) is 5.91 Å². The van der Waals surface area contributed by atoms with Crippen molar-refractivity contribution in [2.24, 2.45) is 0 Å². The maximum atomic E-state index is 13.3. The first-order chi connectivity index (χ1) is 15.0. The topological polar surface area (TPSA) is 92.1 Å². The molecule has 7 heteroatoms. The number of fused-ring (bicyclic) bond motifs is 1. The number of pyridine rings is 1. The average Bonchev–Trinajstić information content (AvgIpc) is 3.18. The van der Waals surface area contributed by atoms with Gasteiger partial charge in [-0.25, -0.2) is 9.67 Å². The number of aryl methyl sites for hydroxylation is 2. The lowest BCUT2D eigenvalue weighted by Gasteiger charge is -2.28. The number of rotatable bonds is 6. The first-order valence-corrected chi connectivity index (χ1v) is 11.1. The van der Waals surface area contributed by atoms with Gasteiger partial charge in [0.15, 0.2) is 5.65 Å². The molecule has 4 rings (SSSR count). The van der Waals surface area contributed by atoms with Gasteiger partial charge >= 0.3 is 0 Å². The van der Waals surface area contributed by atoms with Crippen LogP contribution in [0.4, 0.5) is 5.69 Å². The minimum Gasteiger partial charge on any atom is -0.393 e. The molecule has 31 heavy (non-hydrogen) atoms. The Balaban J connectivity index is 1.65. The van der Waals surface area contributed by atoms with Crippen LogP contribution in [0, 0.1) is 6.92 Å². The monoisotopic (exact) mass is 421 g/mol. The molecule has 0 saturated heterocycles. The zero-order valence-corrected chi connectivity index (χ0v) is 18.4. The number of carbonyl (C=O) groups is 1. The molecule has 1 aliphatic carbocycles. The number of anilines is 1. The number of amides is 1. The van der Waals surface area contributed by atoms with E-state index < -0.39 is 0 Å². The zero-order chi connectivity index (χ0) is 22.0. The third kappa shape index (κ3) is 4.56. The largest absolute Gasteiger partial charge is 0.393 e. The highest BCUT2D eigenvalue weighted by Gasteiger charge is 2.25. The third-order valence-electron chi connectivity index (χ3n) is 6.13. The molecule has 0 radical (unpaired) electrons. The molecule has 0 aliphatic heterocycles. The number of nitrogens with one attached hydrogen (secondary N) is 2. The minimum absolute atomic E-state index is 0.111. The van der Waals surface area contributed by atoms with E-state index in [1.54, 1.807) is 12.4 Å². The van der Waals surface area contributed by atoms with E-state index >= 15 is 0 Å². The first kappa shape index (κ1) is 21.3. The van der Waals surface area contributed by atoms with Crippen molar-refractivity contribution in [3.63, 3.8) is 0 Å². The van der Waals surface area contributed by atoms with Gasteiger partial charge in [0.05, 0.1) is 35.0 Å². The highest BCUT2D eigenvalue weighted by atomic mass is 16.3. The summed E-state index contributed by atoms with van der Waals surface area (Å²) in [6.45, 7) is 6.75. The molecule has 1 amide bonds. The second-order valence-corrected chi connectivity index (χ2v) is 8.51.